The first kappa shape index (κ1) is 21.3. The molecule has 0 unspecified atom stereocenters. The Balaban J connectivity index is 1.62. The van der Waals surface area contributed by atoms with E-state index < -0.39 is 30.0 Å². The molecule has 1 aliphatic rings. The van der Waals surface area contributed by atoms with Gasteiger partial charge in [-0.25, -0.2) is 4.79 Å². The summed E-state index contributed by atoms with van der Waals surface area (Å²) >= 11 is 0. The average Bonchev–Trinajstić information content (AvgIpc) is 3.19. The number of benzene rings is 3. The third-order valence-corrected chi connectivity index (χ3v) is 5.02. The van der Waals surface area contributed by atoms with Crippen LogP contribution in [-0.4, -0.2) is 13.2 Å². The van der Waals surface area contributed by atoms with Gasteiger partial charge in [0.15, 0.2) is 6.10 Å². The zero-order chi connectivity index (χ0) is 22.7. The molecule has 162 valence electrons. The minimum Gasteiger partial charge on any atom is -0.497 e. The van der Waals surface area contributed by atoms with E-state index in [1.807, 2.05) is 18.2 Å². The maximum Gasteiger partial charge on any atom is 0.416 e. The van der Waals surface area contributed by atoms with Crippen LogP contribution in [0.25, 0.3) is 0 Å². The predicted octanol–water partition coefficient (Wildman–Crippen LogP) is 5.64. The lowest BCUT2D eigenvalue weighted by Crippen LogP contribution is -2.19. The Morgan fingerprint density at radius 3 is 2.28 bits per heavy atom. The first-order valence-corrected chi connectivity index (χ1v) is 9.74. The summed E-state index contributed by atoms with van der Waals surface area (Å²) in [5, 5.41) is 2.81. The molecule has 2 atom stereocenters. The molecule has 4 nitrogen and oxygen atoms in total. The second-order valence-electron chi connectivity index (χ2n) is 7.18. The van der Waals surface area contributed by atoms with Gasteiger partial charge >= 0.3 is 12.3 Å². The minimum absolute atomic E-state index is 0.261. The summed E-state index contributed by atoms with van der Waals surface area (Å²) in [5.74, 6) is 6.31. The number of ether oxygens (including phenoxy) is 2. The fourth-order valence-electron chi connectivity index (χ4n) is 3.48. The van der Waals surface area contributed by atoms with Crippen molar-refractivity contribution in [2.45, 2.75) is 18.3 Å². The van der Waals surface area contributed by atoms with E-state index in [2.05, 4.69) is 17.2 Å². The molecule has 0 bridgehead atoms. The molecule has 3 aromatic carbocycles. The molecule has 3 aromatic rings. The topological polar surface area (TPSA) is 47.6 Å². The number of rotatable bonds is 3. The number of alkyl carbamates (subject to hydrolysis) is 1. The molecular weight excluding hydrogens is 419 g/mol. The maximum atomic E-state index is 12.9. The zero-order valence-corrected chi connectivity index (χ0v) is 16.9. The van der Waals surface area contributed by atoms with Gasteiger partial charge in [-0.3, -0.25) is 0 Å². The number of nitrogens with one attached hydrogen (secondary N) is 1. The number of cyclic esters (lactones) is 1. The fraction of sp³-hybridized carbons (Fsp3) is 0.160. The smallest absolute Gasteiger partial charge is 0.416 e. The van der Waals surface area contributed by atoms with Crippen LogP contribution in [-0.2, 0) is 10.9 Å². The van der Waals surface area contributed by atoms with Crippen LogP contribution >= 0.6 is 0 Å². The summed E-state index contributed by atoms with van der Waals surface area (Å²) in [6.07, 6.45) is -5.53. The lowest BCUT2D eigenvalue weighted by atomic mass is 9.95. The molecule has 1 N–H and O–H groups in total. The molecule has 32 heavy (non-hydrogen) atoms. The number of methoxy groups -OCH3 is 1. The second kappa shape index (κ2) is 8.67. The molecule has 4 rings (SSSR count). The first-order chi connectivity index (χ1) is 15.3. The van der Waals surface area contributed by atoms with Gasteiger partial charge in [-0.1, -0.05) is 42.2 Å². The molecular formula is C25H18F3NO3. The zero-order valence-electron chi connectivity index (χ0n) is 16.9. The average molecular weight is 437 g/mol. The van der Waals surface area contributed by atoms with E-state index in [4.69, 9.17) is 9.47 Å². The highest BCUT2D eigenvalue weighted by atomic mass is 19.4. The molecule has 1 amide bonds. The number of hydrogen-bond donors (Lipinski definition) is 1. The second-order valence-corrected chi connectivity index (χ2v) is 7.18. The van der Waals surface area contributed by atoms with Crippen molar-refractivity contribution in [3.63, 3.8) is 0 Å². The Morgan fingerprint density at radius 2 is 1.56 bits per heavy atom. The molecule has 1 aliphatic heterocycles. The standard InChI is InChI=1S/C25H18F3NO3/c1-31-21-10-4-8-19(15-21)23-22(29-24(30)32-23)18-7-2-5-16(13-18)11-12-17-6-3-9-20(14-17)25(26,27)28/h2-10,13-15,22-23H,1H3,(H,29,30)/t22-,23-/m0/s1. The van der Waals surface area contributed by atoms with Crippen LogP contribution in [0.4, 0.5) is 18.0 Å². The van der Waals surface area contributed by atoms with E-state index in [9.17, 15) is 18.0 Å². The Labute approximate surface area is 183 Å². The number of amides is 1. The quantitative estimate of drug-likeness (QED) is 0.540. The summed E-state index contributed by atoms with van der Waals surface area (Å²) < 4.78 is 49.5. The van der Waals surface area contributed by atoms with Crippen molar-refractivity contribution in [3.8, 4) is 17.6 Å². The largest absolute Gasteiger partial charge is 0.497 e. The van der Waals surface area contributed by atoms with E-state index in [1.165, 1.54) is 12.1 Å². The van der Waals surface area contributed by atoms with Crippen LogP contribution in [0, 0.1) is 11.8 Å². The lowest BCUT2D eigenvalue weighted by Gasteiger charge is -2.18. The van der Waals surface area contributed by atoms with Crippen LogP contribution < -0.4 is 10.1 Å². The highest BCUT2D eigenvalue weighted by Gasteiger charge is 2.36. The number of carbonyl (C=O) groups excluding carboxylic acids is 1. The molecule has 0 aliphatic carbocycles. The molecule has 1 heterocycles. The van der Waals surface area contributed by atoms with Gasteiger partial charge in [-0.2, -0.15) is 13.2 Å². The van der Waals surface area contributed by atoms with E-state index >= 15 is 0 Å². The number of halogens is 3. The molecule has 0 radical (unpaired) electrons. The van der Waals surface area contributed by atoms with Crippen molar-refractivity contribution in [3.05, 3.63) is 101 Å². The fourth-order valence-corrected chi connectivity index (χ4v) is 3.48. The van der Waals surface area contributed by atoms with Crippen LogP contribution in [0.5, 0.6) is 5.75 Å². The van der Waals surface area contributed by atoms with Gasteiger partial charge in [0.05, 0.1) is 18.7 Å². The van der Waals surface area contributed by atoms with E-state index in [0.717, 1.165) is 23.3 Å². The van der Waals surface area contributed by atoms with Gasteiger partial charge in [0.25, 0.3) is 0 Å². The number of carbonyl (C=O) groups is 1. The first-order valence-electron chi connectivity index (χ1n) is 9.74. The third kappa shape index (κ3) is 4.70. The third-order valence-electron chi connectivity index (χ3n) is 5.02. The molecule has 1 fully saturated rings. The lowest BCUT2D eigenvalue weighted by molar-refractivity contribution is -0.137. The van der Waals surface area contributed by atoms with E-state index in [-0.39, 0.29) is 5.56 Å². The summed E-state index contributed by atoms with van der Waals surface area (Å²) in [5.41, 5.74) is 1.65. The van der Waals surface area contributed by atoms with Crippen molar-refractivity contribution >= 4 is 6.09 Å². The SMILES string of the molecule is COc1cccc([C@@H]2OC(=O)N[C@H]2c2cccc(C#Cc3cccc(C(F)(F)F)c3)c2)c1. The summed E-state index contributed by atoms with van der Waals surface area (Å²) in [6, 6.07) is 18.8. The van der Waals surface area contributed by atoms with E-state index in [0.29, 0.717) is 11.3 Å². The highest BCUT2D eigenvalue weighted by Crippen LogP contribution is 2.38. The molecule has 0 aromatic heterocycles. The van der Waals surface area contributed by atoms with Gasteiger partial charge in [-0.15, -0.1) is 0 Å². The van der Waals surface area contributed by atoms with Crippen LogP contribution in [0.15, 0.2) is 72.8 Å². The van der Waals surface area contributed by atoms with E-state index in [1.54, 1.807) is 37.4 Å². The van der Waals surface area contributed by atoms with Crippen molar-refractivity contribution < 1.29 is 27.4 Å². The number of alkyl halides is 3. The molecule has 1 saturated heterocycles. The Hall–Kier alpha value is -3.92. The highest BCUT2D eigenvalue weighted by molar-refractivity contribution is 5.71. The molecule has 0 spiro atoms. The van der Waals surface area contributed by atoms with Gasteiger partial charge in [-0.05, 0) is 53.6 Å². The van der Waals surface area contributed by atoms with Crippen LogP contribution in [0.2, 0.25) is 0 Å². The monoisotopic (exact) mass is 437 g/mol. The van der Waals surface area contributed by atoms with Crippen LogP contribution in [0.1, 0.15) is 40.0 Å². The molecule has 7 heteroatoms. The van der Waals surface area contributed by atoms with Crippen LogP contribution in [0.3, 0.4) is 0 Å². The van der Waals surface area contributed by atoms with Gasteiger partial charge in [0.2, 0.25) is 0 Å². The van der Waals surface area contributed by atoms with Gasteiger partial charge in [0.1, 0.15) is 5.75 Å². The van der Waals surface area contributed by atoms with Gasteiger partial charge < -0.3 is 14.8 Å². The van der Waals surface area contributed by atoms with Crippen molar-refractivity contribution in [2.75, 3.05) is 7.11 Å². The molecule has 0 saturated carbocycles. The Kier molecular flexibility index (Phi) is 5.78. The summed E-state index contributed by atoms with van der Waals surface area (Å²) in [7, 11) is 1.56. The Bertz CT molecular complexity index is 1210. The minimum atomic E-state index is -4.42. The maximum absolute atomic E-state index is 12.9. The predicted molar refractivity (Wildman–Crippen MR) is 112 cm³/mol. The summed E-state index contributed by atoms with van der Waals surface area (Å²) in [6.45, 7) is 0. The summed E-state index contributed by atoms with van der Waals surface area (Å²) in [4.78, 5) is 12.0. The van der Waals surface area contributed by atoms with Crippen molar-refractivity contribution in [1.29, 1.82) is 0 Å². The Morgan fingerprint density at radius 1 is 0.906 bits per heavy atom. The number of hydrogen-bond acceptors (Lipinski definition) is 3. The van der Waals surface area contributed by atoms with Crippen molar-refractivity contribution in [1.82, 2.24) is 5.32 Å². The normalized spacial score (nSPS) is 17.7. The van der Waals surface area contributed by atoms with Crippen molar-refractivity contribution in [2.24, 2.45) is 0 Å². The van der Waals surface area contributed by atoms with Gasteiger partial charge in [0, 0.05) is 11.1 Å².